The summed E-state index contributed by atoms with van der Waals surface area (Å²) in [5.41, 5.74) is 0. The molecule has 0 bridgehead atoms. The number of hydrogen-bond donors (Lipinski definition) is 1. The molecule has 2 aliphatic carbocycles. The van der Waals surface area contributed by atoms with Crippen LogP contribution in [0.15, 0.2) is 0 Å². The molecule has 3 aliphatic rings. The highest BCUT2D eigenvalue weighted by atomic mass is 16.5. The van der Waals surface area contributed by atoms with Crippen LogP contribution in [0, 0.1) is 17.8 Å². The number of ether oxygens (including phenoxy) is 2. The summed E-state index contributed by atoms with van der Waals surface area (Å²) in [6, 6.07) is 1.25. The van der Waals surface area contributed by atoms with Gasteiger partial charge in [0.05, 0.1) is 18.8 Å². The first-order valence-corrected chi connectivity index (χ1v) is 7.11. The lowest BCUT2D eigenvalue weighted by Gasteiger charge is -2.38. The molecule has 0 aromatic rings. The average Bonchev–Trinajstić information content (AvgIpc) is 2.89. The van der Waals surface area contributed by atoms with E-state index in [1.807, 2.05) is 7.11 Å². The third-order valence-corrected chi connectivity index (χ3v) is 5.11. The Hall–Kier alpha value is -0.120. The smallest absolute Gasteiger partial charge is 0.0851 e. The first kappa shape index (κ1) is 11.9. The minimum absolute atomic E-state index is 0.294. The van der Waals surface area contributed by atoms with Crippen LogP contribution in [0.5, 0.6) is 0 Å². The molecule has 1 aliphatic heterocycles. The van der Waals surface area contributed by atoms with Gasteiger partial charge in [-0.2, -0.15) is 0 Å². The summed E-state index contributed by atoms with van der Waals surface area (Å²) in [6.07, 6.45) is 4.50. The molecule has 2 saturated carbocycles. The van der Waals surface area contributed by atoms with E-state index in [0.29, 0.717) is 30.2 Å². The second-order valence-electron chi connectivity index (χ2n) is 6.30. The van der Waals surface area contributed by atoms with Gasteiger partial charge in [0.2, 0.25) is 0 Å². The van der Waals surface area contributed by atoms with E-state index in [4.69, 9.17) is 9.47 Å². The van der Waals surface area contributed by atoms with Crippen molar-refractivity contribution in [2.45, 2.75) is 57.4 Å². The van der Waals surface area contributed by atoms with Gasteiger partial charge in [-0.3, -0.25) is 0 Å². The molecule has 3 nitrogen and oxygen atoms in total. The lowest BCUT2D eigenvalue weighted by molar-refractivity contribution is -0.0726. The van der Waals surface area contributed by atoms with E-state index in [1.165, 1.54) is 19.3 Å². The molecule has 0 radical (unpaired) electrons. The molecular weight excluding hydrogens is 214 g/mol. The highest BCUT2D eigenvalue weighted by Gasteiger charge is 2.54. The maximum absolute atomic E-state index is 6.10. The zero-order chi connectivity index (χ0) is 12.0. The van der Waals surface area contributed by atoms with Gasteiger partial charge in [-0.25, -0.2) is 0 Å². The van der Waals surface area contributed by atoms with Gasteiger partial charge in [-0.15, -0.1) is 0 Å². The summed E-state index contributed by atoms with van der Waals surface area (Å²) >= 11 is 0. The zero-order valence-electron chi connectivity index (χ0n) is 11.2. The largest absolute Gasteiger partial charge is 0.379 e. The summed E-state index contributed by atoms with van der Waals surface area (Å²) in [5, 5.41) is 3.83. The summed E-state index contributed by atoms with van der Waals surface area (Å²) in [7, 11) is 1.82. The van der Waals surface area contributed by atoms with Crippen LogP contribution in [-0.2, 0) is 9.47 Å². The van der Waals surface area contributed by atoms with E-state index in [0.717, 1.165) is 18.4 Å². The minimum Gasteiger partial charge on any atom is -0.379 e. The SMILES string of the molecule is COC1COC2CCC(C)CC2NC2C(C)C12. The fraction of sp³-hybridized carbons (Fsp3) is 1.00. The van der Waals surface area contributed by atoms with Crippen molar-refractivity contribution in [3.8, 4) is 0 Å². The first-order chi connectivity index (χ1) is 8.20. The molecule has 0 spiro atoms. The molecule has 98 valence electrons. The molecule has 7 unspecified atom stereocenters. The predicted octanol–water partition coefficient (Wildman–Crippen LogP) is 1.81. The Morgan fingerprint density at radius 2 is 2.06 bits per heavy atom. The quantitative estimate of drug-likeness (QED) is 0.757. The van der Waals surface area contributed by atoms with Crippen LogP contribution < -0.4 is 5.32 Å². The Morgan fingerprint density at radius 1 is 1.24 bits per heavy atom. The minimum atomic E-state index is 0.294. The van der Waals surface area contributed by atoms with Gasteiger partial charge >= 0.3 is 0 Å². The van der Waals surface area contributed by atoms with Crippen LogP contribution >= 0.6 is 0 Å². The molecule has 3 rings (SSSR count). The van der Waals surface area contributed by atoms with Crippen LogP contribution in [0.4, 0.5) is 0 Å². The fourth-order valence-electron chi connectivity index (χ4n) is 3.86. The Kier molecular flexibility index (Phi) is 3.18. The van der Waals surface area contributed by atoms with Gasteiger partial charge in [0.15, 0.2) is 0 Å². The van der Waals surface area contributed by atoms with Crippen LogP contribution in [0.3, 0.4) is 0 Å². The van der Waals surface area contributed by atoms with Crippen molar-refractivity contribution in [3.63, 3.8) is 0 Å². The molecule has 3 heteroatoms. The summed E-state index contributed by atoms with van der Waals surface area (Å²) in [6.45, 7) is 5.49. The summed E-state index contributed by atoms with van der Waals surface area (Å²) < 4.78 is 11.7. The maximum atomic E-state index is 6.10. The monoisotopic (exact) mass is 239 g/mol. The Morgan fingerprint density at radius 3 is 2.82 bits per heavy atom. The van der Waals surface area contributed by atoms with E-state index in [9.17, 15) is 0 Å². The topological polar surface area (TPSA) is 30.5 Å². The number of rotatable bonds is 1. The van der Waals surface area contributed by atoms with Crippen LogP contribution in [0.25, 0.3) is 0 Å². The molecule has 0 aromatic carbocycles. The molecule has 1 N–H and O–H groups in total. The van der Waals surface area contributed by atoms with Crippen molar-refractivity contribution in [1.29, 1.82) is 0 Å². The average molecular weight is 239 g/mol. The normalized spacial score (nSPS) is 54.2. The molecule has 3 fully saturated rings. The number of methoxy groups -OCH3 is 1. The second kappa shape index (κ2) is 4.52. The van der Waals surface area contributed by atoms with Crippen molar-refractivity contribution < 1.29 is 9.47 Å². The van der Waals surface area contributed by atoms with Crippen molar-refractivity contribution in [2.24, 2.45) is 17.8 Å². The van der Waals surface area contributed by atoms with Gasteiger partial charge in [-0.05, 0) is 31.1 Å². The third-order valence-electron chi connectivity index (χ3n) is 5.11. The van der Waals surface area contributed by atoms with Gasteiger partial charge in [0.25, 0.3) is 0 Å². The van der Waals surface area contributed by atoms with E-state index in [2.05, 4.69) is 19.2 Å². The highest BCUT2D eigenvalue weighted by molar-refractivity contribution is 5.08. The van der Waals surface area contributed by atoms with Crippen LogP contribution in [0.1, 0.15) is 33.1 Å². The van der Waals surface area contributed by atoms with Gasteiger partial charge in [0, 0.05) is 25.1 Å². The molecular formula is C14H25NO2. The van der Waals surface area contributed by atoms with E-state index >= 15 is 0 Å². The van der Waals surface area contributed by atoms with Crippen LogP contribution in [-0.4, -0.2) is 38.0 Å². The van der Waals surface area contributed by atoms with E-state index in [-0.39, 0.29) is 0 Å². The van der Waals surface area contributed by atoms with Crippen molar-refractivity contribution in [1.82, 2.24) is 5.32 Å². The molecule has 0 amide bonds. The number of hydrogen-bond acceptors (Lipinski definition) is 3. The molecule has 17 heavy (non-hydrogen) atoms. The predicted molar refractivity (Wildman–Crippen MR) is 66.9 cm³/mol. The summed E-state index contributed by atoms with van der Waals surface area (Å²) in [5.74, 6) is 2.26. The zero-order valence-corrected chi connectivity index (χ0v) is 11.2. The van der Waals surface area contributed by atoms with Crippen molar-refractivity contribution >= 4 is 0 Å². The summed E-state index contributed by atoms with van der Waals surface area (Å²) in [4.78, 5) is 0. The first-order valence-electron chi connectivity index (χ1n) is 7.11. The van der Waals surface area contributed by atoms with Crippen molar-refractivity contribution in [3.05, 3.63) is 0 Å². The second-order valence-corrected chi connectivity index (χ2v) is 6.30. The van der Waals surface area contributed by atoms with Gasteiger partial charge in [0.1, 0.15) is 0 Å². The standard InChI is InChI=1S/C14H25NO2/c1-8-4-5-11-10(6-8)15-14-9(2)13(14)12(16-3)7-17-11/h8-15H,4-7H2,1-3H3. The van der Waals surface area contributed by atoms with Crippen molar-refractivity contribution in [2.75, 3.05) is 13.7 Å². The molecule has 7 atom stereocenters. The fourth-order valence-corrected chi connectivity index (χ4v) is 3.86. The molecule has 1 heterocycles. The Balaban J connectivity index is 1.70. The lowest BCUT2D eigenvalue weighted by atomic mass is 9.84. The van der Waals surface area contributed by atoms with E-state index in [1.54, 1.807) is 0 Å². The maximum Gasteiger partial charge on any atom is 0.0851 e. The van der Waals surface area contributed by atoms with Crippen LogP contribution in [0.2, 0.25) is 0 Å². The Labute approximate surface area is 104 Å². The molecule has 1 saturated heterocycles. The Bertz CT molecular complexity index is 283. The lowest BCUT2D eigenvalue weighted by Crippen LogP contribution is -2.50. The van der Waals surface area contributed by atoms with Gasteiger partial charge < -0.3 is 14.8 Å². The number of fused-ring (bicyclic) bond motifs is 2. The highest BCUT2D eigenvalue weighted by Crippen LogP contribution is 2.45. The number of nitrogens with one attached hydrogen (secondary N) is 1. The van der Waals surface area contributed by atoms with E-state index < -0.39 is 0 Å². The van der Waals surface area contributed by atoms with Gasteiger partial charge in [-0.1, -0.05) is 13.8 Å². The molecule has 0 aromatic heterocycles. The third kappa shape index (κ3) is 2.13.